The van der Waals surface area contributed by atoms with Gasteiger partial charge in [-0.25, -0.2) is 13.1 Å². The predicted molar refractivity (Wildman–Crippen MR) is 116 cm³/mol. The number of nitrogens with zero attached hydrogens (tertiary/aromatic N) is 5. The third-order valence-corrected chi connectivity index (χ3v) is 7.97. The number of aromatic nitrogens is 4. The predicted octanol–water partition coefficient (Wildman–Crippen LogP) is 2.54. The van der Waals surface area contributed by atoms with Crippen LogP contribution in [-0.4, -0.2) is 57.7 Å². The summed E-state index contributed by atoms with van der Waals surface area (Å²) in [5.74, 6) is -0.291. The quantitative estimate of drug-likeness (QED) is 0.462. The first-order valence-electron chi connectivity index (χ1n) is 9.80. The van der Waals surface area contributed by atoms with Crippen molar-refractivity contribution in [3.63, 3.8) is 0 Å². The molecule has 1 aromatic heterocycles. The molecule has 11 heteroatoms. The van der Waals surface area contributed by atoms with Crippen molar-refractivity contribution in [3.8, 4) is 0 Å². The van der Waals surface area contributed by atoms with Gasteiger partial charge in [-0.15, -0.1) is 11.7 Å². The van der Waals surface area contributed by atoms with Gasteiger partial charge in [0.15, 0.2) is 0 Å². The fourth-order valence-corrected chi connectivity index (χ4v) is 5.69. The van der Waals surface area contributed by atoms with Gasteiger partial charge in [-0.2, -0.15) is 4.31 Å². The molecule has 0 atom stereocenters. The van der Waals surface area contributed by atoms with Crippen LogP contribution in [-0.2, 0) is 21.4 Å². The van der Waals surface area contributed by atoms with E-state index in [2.05, 4.69) is 27.4 Å². The van der Waals surface area contributed by atoms with Crippen molar-refractivity contribution >= 4 is 33.4 Å². The highest BCUT2D eigenvalue weighted by Gasteiger charge is 2.31. The van der Waals surface area contributed by atoms with Gasteiger partial charge in [0.1, 0.15) is 4.90 Å². The SMILES string of the molecule is C=CCn1nnnc1SCC(=O)Nc1ccccc1S(=O)(=O)N(C)C1CCCCC1. The number of sulfonamides is 1. The van der Waals surface area contributed by atoms with Gasteiger partial charge in [0.2, 0.25) is 21.1 Å². The molecule has 0 unspecified atom stereocenters. The molecule has 0 saturated heterocycles. The first-order chi connectivity index (χ1) is 14.4. The summed E-state index contributed by atoms with van der Waals surface area (Å²) in [6.45, 7) is 4.08. The molecule has 1 aromatic carbocycles. The summed E-state index contributed by atoms with van der Waals surface area (Å²) in [5.41, 5.74) is 0.274. The lowest BCUT2D eigenvalue weighted by Crippen LogP contribution is -2.38. The highest BCUT2D eigenvalue weighted by Crippen LogP contribution is 2.30. The van der Waals surface area contributed by atoms with Gasteiger partial charge in [-0.05, 0) is 35.4 Å². The van der Waals surface area contributed by atoms with E-state index in [-0.39, 0.29) is 28.3 Å². The summed E-state index contributed by atoms with van der Waals surface area (Å²) in [5, 5.41) is 14.5. The van der Waals surface area contributed by atoms with Gasteiger partial charge >= 0.3 is 0 Å². The molecule has 1 N–H and O–H groups in total. The number of benzene rings is 1. The zero-order valence-corrected chi connectivity index (χ0v) is 18.5. The van der Waals surface area contributed by atoms with Crippen LogP contribution in [0.5, 0.6) is 0 Å². The molecule has 1 aliphatic carbocycles. The molecule has 1 saturated carbocycles. The van der Waals surface area contributed by atoms with Gasteiger partial charge in [-0.3, -0.25) is 4.79 Å². The van der Waals surface area contributed by atoms with Crippen LogP contribution in [0.2, 0.25) is 0 Å². The molecule has 1 amide bonds. The van der Waals surface area contributed by atoms with Crippen LogP contribution in [0.25, 0.3) is 0 Å². The molecule has 0 bridgehead atoms. The van der Waals surface area contributed by atoms with Gasteiger partial charge in [0.25, 0.3) is 0 Å². The molecule has 2 aromatic rings. The second kappa shape index (κ2) is 10.2. The Hall–Kier alpha value is -2.24. The number of carbonyl (C=O) groups excluding carboxylic acids is 1. The first kappa shape index (κ1) is 22.4. The molecule has 1 heterocycles. The van der Waals surface area contributed by atoms with Crippen LogP contribution >= 0.6 is 11.8 Å². The minimum Gasteiger partial charge on any atom is -0.324 e. The van der Waals surface area contributed by atoms with Gasteiger partial charge in [0.05, 0.1) is 18.0 Å². The number of hydrogen-bond acceptors (Lipinski definition) is 7. The van der Waals surface area contributed by atoms with E-state index in [1.165, 1.54) is 26.8 Å². The standard InChI is InChI=1S/C19H26N6O3S2/c1-3-13-25-19(21-22-23-25)29-14-18(26)20-16-11-7-8-12-17(16)30(27,28)24(2)15-9-5-4-6-10-15/h3,7-8,11-12,15H,1,4-6,9-10,13-14H2,2H3,(H,20,26). The molecule has 30 heavy (non-hydrogen) atoms. The number of nitrogens with one attached hydrogen (secondary N) is 1. The molecule has 1 fully saturated rings. The molecule has 0 aliphatic heterocycles. The number of carbonyl (C=O) groups is 1. The van der Waals surface area contributed by atoms with E-state index in [1.54, 1.807) is 31.3 Å². The maximum atomic E-state index is 13.2. The Labute approximate surface area is 181 Å². The molecule has 0 spiro atoms. The molecule has 1 aliphatic rings. The van der Waals surface area contributed by atoms with Crippen molar-refractivity contribution in [2.24, 2.45) is 0 Å². The molecule has 3 rings (SSSR count). The van der Waals surface area contributed by atoms with E-state index in [1.807, 2.05) is 0 Å². The Kier molecular flexibility index (Phi) is 7.62. The maximum absolute atomic E-state index is 13.2. The average Bonchev–Trinajstić information content (AvgIpc) is 3.20. The monoisotopic (exact) mass is 450 g/mol. The fourth-order valence-electron chi connectivity index (χ4n) is 3.44. The number of hydrogen-bond donors (Lipinski definition) is 1. The highest BCUT2D eigenvalue weighted by molar-refractivity contribution is 7.99. The number of anilines is 1. The molecule has 162 valence electrons. The second-order valence-electron chi connectivity index (χ2n) is 7.08. The summed E-state index contributed by atoms with van der Waals surface area (Å²) < 4.78 is 29.4. The summed E-state index contributed by atoms with van der Waals surface area (Å²) in [4.78, 5) is 12.6. The van der Waals surface area contributed by atoms with Crippen LogP contribution in [0.15, 0.2) is 47.0 Å². The lowest BCUT2D eigenvalue weighted by atomic mass is 9.96. The van der Waals surface area contributed by atoms with Gasteiger partial charge in [0, 0.05) is 13.1 Å². The lowest BCUT2D eigenvalue weighted by molar-refractivity contribution is -0.113. The third-order valence-electron chi connectivity index (χ3n) is 5.04. The Morgan fingerprint density at radius 2 is 2.07 bits per heavy atom. The fraction of sp³-hybridized carbons (Fsp3) is 0.474. The number of rotatable bonds is 9. The van der Waals surface area contributed by atoms with Crippen LogP contribution in [0.4, 0.5) is 5.69 Å². The van der Waals surface area contributed by atoms with Crippen molar-refractivity contribution in [2.45, 2.75) is 54.7 Å². The van der Waals surface area contributed by atoms with Crippen LogP contribution in [0.3, 0.4) is 0 Å². The van der Waals surface area contributed by atoms with E-state index in [9.17, 15) is 13.2 Å². The molecular weight excluding hydrogens is 424 g/mol. The Balaban J connectivity index is 1.70. The van der Waals surface area contributed by atoms with E-state index in [4.69, 9.17) is 0 Å². The van der Waals surface area contributed by atoms with Gasteiger partial charge in [-0.1, -0.05) is 49.2 Å². The minimum absolute atomic E-state index is 0.00761. The Morgan fingerprint density at radius 3 is 2.80 bits per heavy atom. The van der Waals surface area contributed by atoms with Crippen LogP contribution in [0, 0.1) is 0 Å². The molecule has 0 radical (unpaired) electrons. The molecular formula is C19H26N6O3S2. The smallest absolute Gasteiger partial charge is 0.245 e. The average molecular weight is 451 g/mol. The van der Waals surface area contributed by atoms with Crippen molar-refractivity contribution in [3.05, 3.63) is 36.9 Å². The molecule has 9 nitrogen and oxygen atoms in total. The van der Waals surface area contributed by atoms with E-state index in [0.29, 0.717) is 11.7 Å². The van der Waals surface area contributed by atoms with Crippen molar-refractivity contribution < 1.29 is 13.2 Å². The number of para-hydroxylation sites is 1. The summed E-state index contributed by atoms with van der Waals surface area (Å²) in [6, 6.07) is 6.49. The van der Waals surface area contributed by atoms with Crippen LogP contribution < -0.4 is 5.32 Å². The topological polar surface area (TPSA) is 110 Å². The van der Waals surface area contributed by atoms with Crippen LogP contribution in [0.1, 0.15) is 32.1 Å². The normalized spacial score (nSPS) is 15.3. The van der Waals surface area contributed by atoms with E-state index < -0.39 is 10.0 Å². The van der Waals surface area contributed by atoms with Crippen molar-refractivity contribution in [2.75, 3.05) is 18.1 Å². The third kappa shape index (κ3) is 5.27. The zero-order chi connectivity index (χ0) is 21.6. The number of amides is 1. The largest absolute Gasteiger partial charge is 0.324 e. The van der Waals surface area contributed by atoms with Crippen molar-refractivity contribution in [1.29, 1.82) is 0 Å². The Morgan fingerprint density at radius 1 is 1.33 bits per heavy atom. The zero-order valence-electron chi connectivity index (χ0n) is 16.9. The minimum atomic E-state index is -3.72. The maximum Gasteiger partial charge on any atom is 0.245 e. The second-order valence-corrected chi connectivity index (χ2v) is 9.99. The van der Waals surface area contributed by atoms with E-state index >= 15 is 0 Å². The Bertz CT molecular complexity index is 986. The summed E-state index contributed by atoms with van der Waals surface area (Å²) in [7, 11) is -2.10. The number of thioether (sulfide) groups is 1. The first-order valence-corrected chi connectivity index (χ1v) is 12.2. The summed E-state index contributed by atoms with van der Waals surface area (Å²) >= 11 is 1.17. The van der Waals surface area contributed by atoms with Gasteiger partial charge < -0.3 is 5.32 Å². The van der Waals surface area contributed by atoms with Crippen molar-refractivity contribution in [1.82, 2.24) is 24.5 Å². The lowest BCUT2D eigenvalue weighted by Gasteiger charge is -2.30. The number of tetrazole rings is 1. The summed E-state index contributed by atoms with van der Waals surface area (Å²) in [6.07, 6.45) is 6.59. The number of allylic oxidation sites excluding steroid dienone is 1. The van der Waals surface area contributed by atoms with E-state index in [0.717, 1.165) is 32.1 Å². The highest BCUT2D eigenvalue weighted by atomic mass is 32.2.